The Balaban J connectivity index is 1.32. The minimum absolute atomic E-state index is 0.689. The van der Waals surface area contributed by atoms with Crippen LogP contribution in [0.15, 0.2) is 164 Å². The lowest BCUT2D eigenvalue weighted by Crippen LogP contribution is -1.97. The maximum Gasteiger partial charge on any atom is 0.160 e. The molecule has 0 saturated carbocycles. The van der Waals surface area contributed by atoms with Crippen LogP contribution < -0.4 is 0 Å². The van der Waals surface area contributed by atoms with Crippen LogP contribution in [0.4, 0.5) is 0 Å². The first-order valence-corrected chi connectivity index (χ1v) is 15.5. The minimum atomic E-state index is 0.689. The summed E-state index contributed by atoms with van der Waals surface area (Å²) in [5.41, 5.74) is 6.93. The van der Waals surface area contributed by atoms with Gasteiger partial charge in [-0.2, -0.15) is 0 Å². The molecule has 0 aliphatic rings. The molecule has 9 rings (SSSR count). The monoisotopic (exact) mass is 585 g/mol. The minimum Gasteiger partial charge on any atom is -0.256 e. The number of fused-ring (bicyclic) bond motifs is 6. The molecule has 0 bridgehead atoms. The van der Waals surface area contributed by atoms with Crippen molar-refractivity contribution in [3.63, 3.8) is 0 Å². The highest BCUT2D eigenvalue weighted by Crippen LogP contribution is 2.39. The van der Waals surface area contributed by atoms with Gasteiger partial charge in [0, 0.05) is 28.5 Å². The van der Waals surface area contributed by atoms with E-state index in [9.17, 15) is 0 Å². The molecule has 0 aliphatic carbocycles. The molecule has 0 amide bonds. The molecule has 9 aromatic rings. The molecule has 0 radical (unpaired) electrons. The van der Waals surface area contributed by atoms with Crippen molar-refractivity contribution in [2.24, 2.45) is 0 Å². The van der Waals surface area contributed by atoms with Gasteiger partial charge < -0.3 is 0 Å². The summed E-state index contributed by atoms with van der Waals surface area (Å²) in [6, 6.07) is 55.5. The number of nitrogens with zero attached hydrogens (tertiary/aromatic N) is 3. The van der Waals surface area contributed by atoms with E-state index >= 15 is 0 Å². The molecule has 2 heterocycles. The summed E-state index contributed by atoms with van der Waals surface area (Å²) >= 11 is 0. The molecule has 0 N–H and O–H groups in total. The second-order valence-electron chi connectivity index (χ2n) is 11.6. The summed E-state index contributed by atoms with van der Waals surface area (Å²) in [5, 5.41) is 9.63. The van der Waals surface area contributed by atoms with Gasteiger partial charge in [0.15, 0.2) is 5.82 Å². The van der Waals surface area contributed by atoms with Gasteiger partial charge in [-0.1, -0.05) is 127 Å². The highest BCUT2D eigenvalue weighted by Gasteiger charge is 2.17. The van der Waals surface area contributed by atoms with Crippen molar-refractivity contribution in [2.75, 3.05) is 0 Å². The zero-order chi connectivity index (χ0) is 30.5. The highest BCUT2D eigenvalue weighted by atomic mass is 14.9. The topological polar surface area (TPSA) is 38.7 Å². The van der Waals surface area contributed by atoms with Gasteiger partial charge in [-0.15, -0.1) is 0 Å². The lowest BCUT2D eigenvalue weighted by molar-refractivity contribution is 1.19. The molecule has 2 aromatic heterocycles. The van der Waals surface area contributed by atoms with Crippen LogP contribution in [0.3, 0.4) is 0 Å². The van der Waals surface area contributed by atoms with Crippen LogP contribution in [0.2, 0.25) is 0 Å². The van der Waals surface area contributed by atoms with Crippen molar-refractivity contribution in [3.05, 3.63) is 164 Å². The van der Waals surface area contributed by atoms with E-state index in [-0.39, 0.29) is 0 Å². The van der Waals surface area contributed by atoms with Crippen molar-refractivity contribution < 1.29 is 0 Å². The van der Waals surface area contributed by atoms with Gasteiger partial charge in [0.25, 0.3) is 0 Å². The van der Waals surface area contributed by atoms with Crippen LogP contribution in [-0.4, -0.2) is 15.0 Å². The molecule has 0 atom stereocenters. The van der Waals surface area contributed by atoms with E-state index in [2.05, 4.69) is 145 Å². The number of benzene rings is 7. The standard InChI is InChI=1S/C43H27N3/c1-3-13-32-30(11-1)25-38(36-17-7-5-15-34(32)36)41-27-42(39-26-31-12-2-4-14-33(31)35-16-6-8-18-37(35)39)46-43(45-41)29-22-20-28(21-23-29)40-19-9-10-24-44-40/h1-27H. The average molecular weight is 586 g/mol. The second kappa shape index (κ2) is 10.8. The fraction of sp³-hybridized carbons (Fsp3) is 0. The Kier molecular flexibility index (Phi) is 6.14. The van der Waals surface area contributed by atoms with E-state index in [1.165, 1.54) is 43.1 Å². The Morgan fingerprint density at radius 3 is 1.30 bits per heavy atom. The Bertz CT molecular complexity index is 2430. The number of hydrogen-bond donors (Lipinski definition) is 0. The van der Waals surface area contributed by atoms with E-state index in [0.29, 0.717) is 5.82 Å². The van der Waals surface area contributed by atoms with Gasteiger partial charge in [-0.25, -0.2) is 9.97 Å². The van der Waals surface area contributed by atoms with E-state index in [4.69, 9.17) is 9.97 Å². The summed E-state index contributed by atoms with van der Waals surface area (Å²) in [6.45, 7) is 0. The Labute approximate surface area is 266 Å². The van der Waals surface area contributed by atoms with E-state index < -0.39 is 0 Å². The molecule has 3 nitrogen and oxygen atoms in total. The van der Waals surface area contributed by atoms with Crippen molar-refractivity contribution >= 4 is 43.1 Å². The molecule has 214 valence electrons. The molecular weight excluding hydrogens is 558 g/mol. The smallest absolute Gasteiger partial charge is 0.160 e. The van der Waals surface area contributed by atoms with E-state index in [1.807, 2.05) is 24.4 Å². The van der Waals surface area contributed by atoms with Crippen LogP contribution in [0.1, 0.15) is 0 Å². The number of rotatable bonds is 4. The van der Waals surface area contributed by atoms with Crippen LogP contribution in [-0.2, 0) is 0 Å². The van der Waals surface area contributed by atoms with Crippen LogP contribution in [0.25, 0.3) is 88.2 Å². The highest BCUT2D eigenvalue weighted by molar-refractivity contribution is 6.15. The summed E-state index contributed by atoms with van der Waals surface area (Å²) in [4.78, 5) is 15.1. The van der Waals surface area contributed by atoms with Crippen LogP contribution >= 0.6 is 0 Å². The third-order valence-corrected chi connectivity index (χ3v) is 8.92. The molecule has 0 aliphatic heterocycles. The van der Waals surface area contributed by atoms with Gasteiger partial charge in [0.05, 0.1) is 17.1 Å². The number of pyridine rings is 1. The molecule has 0 spiro atoms. The molecule has 7 aromatic carbocycles. The third-order valence-electron chi connectivity index (χ3n) is 8.92. The number of aromatic nitrogens is 3. The first-order chi connectivity index (χ1) is 22.8. The first kappa shape index (κ1) is 26.2. The largest absolute Gasteiger partial charge is 0.256 e. The fourth-order valence-electron chi connectivity index (χ4n) is 6.71. The van der Waals surface area contributed by atoms with Gasteiger partial charge in [0.2, 0.25) is 0 Å². The molecular formula is C43H27N3. The molecule has 0 saturated heterocycles. The van der Waals surface area contributed by atoms with Crippen molar-refractivity contribution in [2.45, 2.75) is 0 Å². The van der Waals surface area contributed by atoms with Crippen molar-refractivity contribution in [1.29, 1.82) is 0 Å². The zero-order valence-corrected chi connectivity index (χ0v) is 24.9. The van der Waals surface area contributed by atoms with Crippen molar-refractivity contribution in [1.82, 2.24) is 15.0 Å². The predicted octanol–water partition coefficient (Wildman–Crippen LogP) is 11.2. The average Bonchev–Trinajstić information content (AvgIpc) is 3.14. The van der Waals surface area contributed by atoms with Gasteiger partial charge in [-0.05, 0) is 73.4 Å². The zero-order valence-electron chi connectivity index (χ0n) is 24.9. The Hall–Kier alpha value is -6.19. The SMILES string of the molecule is c1ccc(-c2ccc(-c3nc(-c4cc5ccccc5c5ccccc45)cc(-c4cc5ccccc5c5ccccc45)n3)cc2)nc1. The lowest BCUT2D eigenvalue weighted by Gasteiger charge is -2.15. The van der Waals surface area contributed by atoms with E-state index in [1.54, 1.807) is 0 Å². The summed E-state index contributed by atoms with van der Waals surface area (Å²) in [5.74, 6) is 0.689. The van der Waals surface area contributed by atoms with Crippen LogP contribution in [0, 0.1) is 0 Å². The Morgan fingerprint density at radius 1 is 0.326 bits per heavy atom. The van der Waals surface area contributed by atoms with Gasteiger partial charge in [0.1, 0.15) is 0 Å². The van der Waals surface area contributed by atoms with Crippen molar-refractivity contribution in [3.8, 4) is 45.2 Å². The van der Waals surface area contributed by atoms with E-state index in [0.717, 1.165) is 39.3 Å². The lowest BCUT2D eigenvalue weighted by atomic mass is 9.93. The second-order valence-corrected chi connectivity index (χ2v) is 11.6. The summed E-state index contributed by atoms with van der Waals surface area (Å²) in [6.07, 6.45) is 1.82. The Morgan fingerprint density at radius 2 is 0.783 bits per heavy atom. The number of hydrogen-bond acceptors (Lipinski definition) is 3. The maximum atomic E-state index is 5.27. The van der Waals surface area contributed by atoms with Crippen LogP contribution in [0.5, 0.6) is 0 Å². The van der Waals surface area contributed by atoms with Gasteiger partial charge >= 0.3 is 0 Å². The normalized spacial score (nSPS) is 11.5. The van der Waals surface area contributed by atoms with Gasteiger partial charge in [-0.3, -0.25) is 4.98 Å². The quantitative estimate of drug-likeness (QED) is 0.193. The predicted molar refractivity (Wildman–Crippen MR) is 192 cm³/mol. The maximum absolute atomic E-state index is 5.27. The fourth-order valence-corrected chi connectivity index (χ4v) is 6.71. The molecule has 3 heteroatoms. The summed E-state index contributed by atoms with van der Waals surface area (Å²) < 4.78 is 0. The third kappa shape index (κ3) is 4.41. The molecule has 46 heavy (non-hydrogen) atoms. The molecule has 0 unspecified atom stereocenters. The summed E-state index contributed by atoms with van der Waals surface area (Å²) in [7, 11) is 0. The first-order valence-electron chi connectivity index (χ1n) is 15.5. The molecule has 0 fully saturated rings.